The lowest BCUT2D eigenvalue weighted by Crippen LogP contribution is -2.09. The van der Waals surface area contributed by atoms with E-state index in [1.807, 2.05) is 30.3 Å². The zero-order valence-corrected chi connectivity index (χ0v) is 28.3. The topological polar surface area (TPSA) is 29.3 Å². The van der Waals surface area contributed by atoms with Gasteiger partial charge in [-0.1, -0.05) is 127 Å². The average Bonchev–Trinajstić information content (AvgIpc) is 3.68. The van der Waals surface area contributed by atoms with Gasteiger partial charge in [0.2, 0.25) is 5.89 Å². The molecular weight excluding hydrogens is 633 g/mol. The third-order valence-electron chi connectivity index (χ3n) is 10.0. The maximum Gasteiger partial charge on any atom is 0.227 e. The van der Waals surface area contributed by atoms with Crippen LogP contribution in [0.3, 0.4) is 0 Å². The largest absolute Gasteiger partial charge is 0.435 e. The molecule has 0 unspecified atom stereocenters. The second-order valence-electron chi connectivity index (χ2n) is 13.2. The van der Waals surface area contributed by atoms with Crippen molar-refractivity contribution in [3.05, 3.63) is 194 Å². The van der Waals surface area contributed by atoms with Gasteiger partial charge in [0.1, 0.15) is 5.52 Å². The van der Waals surface area contributed by atoms with E-state index in [0.29, 0.717) is 5.89 Å². The van der Waals surface area contributed by atoms with Crippen molar-refractivity contribution in [2.24, 2.45) is 0 Å². The minimum atomic E-state index is 0.628. The molecule has 1 heterocycles. The number of fused-ring (bicyclic) bond motifs is 7. The molecule has 10 aromatic rings. The normalized spacial score (nSPS) is 11.5. The van der Waals surface area contributed by atoms with Gasteiger partial charge in [0.05, 0.1) is 0 Å². The van der Waals surface area contributed by atoms with Gasteiger partial charge in [-0.05, 0) is 111 Å². The van der Waals surface area contributed by atoms with Crippen LogP contribution in [0.25, 0.3) is 77.1 Å². The molecule has 1 aromatic heterocycles. The van der Waals surface area contributed by atoms with Gasteiger partial charge in [-0.15, -0.1) is 0 Å². The van der Waals surface area contributed by atoms with Crippen molar-refractivity contribution < 1.29 is 4.42 Å². The van der Waals surface area contributed by atoms with Gasteiger partial charge in [-0.3, -0.25) is 0 Å². The van der Waals surface area contributed by atoms with Crippen LogP contribution in [0.4, 0.5) is 17.1 Å². The predicted molar refractivity (Wildman–Crippen MR) is 218 cm³/mol. The fraction of sp³-hybridized carbons (Fsp3) is 0. The van der Waals surface area contributed by atoms with Crippen LogP contribution in [0.5, 0.6) is 0 Å². The van der Waals surface area contributed by atoms with Crippen LogP contribution in [0, 0.1) is 0 Å². The van der Waals surface area contributed by atoms with Gasteiger partial charge < -0.3 is 9.32 Å². The van der Waals surface area contributed by atoms with E-state index in [9.17, 15) is 0 Å². The van der Waals surface area contributed by atoms with Gasteiger partial charge in [0.25, 0.3) is 0 Å². The molecule has 3 nitrogen and oxygen atoms in total. The molecule has 0 amide bonds. The second kappa shape index (κ2) is 12.4. The van der Waals surface area contributed by atoms with E-state index < -0.39 is 0 Å². The van der Waals surface area contributed by atoms with E-state index in [1.165, 1.54) is 21.9 Å². The Balaban J connectivity index is 1.17. The molecule has 0 saturated heterocycles. The molecule has 0 aliphatic carbocycles. The molecule has 0 spiro atoms. The highest BCUT2D eigenvalue weighted by Crippen LogP contribution is 2.42. The van der Waals surface area contributed by atoms with E-state index in [4.69, 9.17) is 9.40 Å². The Morgan fingerprint density at radius 3 is 1.67 bits per heavy atom. The number of anilines is 3. The number of benzene rings is 9. The zero-order valence-electron chi connectivity index (χ0n) is 28.3. The van der Waals surface area contributed by atoms with Gasteiger partial charge in [0.15, 0.2) is 5.58 Å². The quantitative estimate of drug-likeness (QED) is 0.166. The van der Waals surface area contributed by atoms with Crippen LogP contribution in [-0.4, -0.2) is 4.98 Å². The molecule has 52 heavy (non-hydrogen) atoms. The number of nitrogens with zero attached hydrogens (tertiary/aromatic N) is 2. The molecule has 0 saturated carbocycles. The monoisotopic (exact) mass is 664 g/mol. The standard InChI is InChI=1S/C49H32N2O/c1-4-13-33(14-5-1)38-24-27-43-45(31-38)46-32-39(25-28-44(46)48-47(43)50-49(52-48)35-16-6-2-7-17-35)37-19-12-22-41(30-37)51(40-20-8-3-9-21-40)42-26-23-34-15-10-11-18-36(34)29-42/h1-32H. The minimum absolute atomic E-state index is 0.628. The summed E-state index contributed by atoms with van der Waals surface area (Å²) in [6.45, 7) is 0. The summed E-state index contributed by atoms with van der Waals surface area (Å²) in [5, 5.41) is 6.84. The highest BCUT2D eigenvalue weighted by molar-refractivity contribution is 6.24. The highest BCUT2D eigenvalue weighted by Gasteiger charge is 2.19. The third-order valence-corrected chi connectivity index (χ3v) is 10.0. The molecule has 0 bridgehead atoms. The summed E-state index contributed by atoms with van der Waals surface area (Å²) in [5.74, 6) is 0.628. The summed E-state index contributed by atoms with van der Waals surface area (Å²) in [4.78, 5) is 7.41. The first kappa shape index (κ1) is 29.9. The minimum Gasteiger partial charge on any atom is -0.435 e. The maximum atomic E-state index is 6.60. The van der Waals surface area contributed by atoms with Gasteiger partial charge in [-0.2, -0.15) is 0 Å². The van der Waals surface area contributed by atoms with Crippen molar-refractivity contribution in [2.45, 2.75) is 0 Å². The summed E-state index contributed by atoms with van der Waals surface area (Å²) >= 11 is 0. The lowest BCUT2D eigenvalue weighted by Gasteiger charge is -2.26. The number of hydrogen-bond donors (Lipinski definition) is 0. The number of aromatic nitrogens is 1. The molecule has 0 aliphatic heterocycles. The molecule has 0 aliphatic rings. The van der Waals surface area contributed by atoms with Crippen molar-refractivity contribution in [1.29, 1.82) is 0 Å². The molecule has 3 heteroatoms. The number of hydrogen-bond acceptors (Lipinski definition) is 3. The van der Waals surface area contributed by atoms with Gasteiger partial charge in [0, 0.05) is 33.4 Å². The Labute approximate surface area is 301 Å². The summed E-state index contributed by atoms with van der Waals surface area (Å²) < 4.78 is 6.60. The first-order chi connectivity index (χ1) is 25.8. The van der Waals surface area contributed by atoms with Crippen LogP contribution in [0.15, 0.2) is 199 Å². The van der Waals surface area contributed by atoms with Crippen molar-refractivity contribution in [1.82, 2.24) is 4.98 Å². The first-order valence-corrected chi connectivity index (χ1v) is 17.6. The van der Waals surface area contributed by atoms with E-state index in [1.54, 1.807) is 0 Å². The highest BCUT2D eigenvalue weighted by atomic mass is 16.3. The molecule has 9 aromatic carbocycles. The maximum absolute atomic E-state index is 6.60. The molecule has 0 radical (unpaired) electrons. The van der Waals surface area contributed by atoms with Gasteiger partial charge in [-0.25, -0.2) is 4.98 Å². The molecule has 244 valence electrons. The second-order valence-corrected chi connectivity index (χ2v) is 13.2. The van der Waals surface area contributed by atoms with Crippen molar-refractivity contribution in [3.8, 4) is 33.7 Å². The summed E-state index contributed by atoms with van der Waals surface area (Å²) in [6.07, 6.45) is 0. The van der Waals surface area contributed by atoms with E-state index >= 15 is 0 Å². The fourth-order valence-electron chi connectivity index (χ4n) is 7.48. The third kappa shape index (κ3) is 5.19. The summed E-state index contributed by atoms with van der Waals surface area (Å²) in [6, 6.07) is 68.8. The van der Waals surface area contributed by atoms with E-state index in [0.717, 1.165) is 66.4 Å². The Morgan fingerprint density at radius 1 is 0.346 bits per heavy atom. The molecule has 10 rings (SSSR count). The van der Waals surface area contributed by atoms with Crippen LogP contribution in [-0.2, 0) is 0 Å². The number of para-hydroxylation sites is 1. The van der Waals surface area contributed by atoms with Crippen LogP contribution < -0.4 is 4.90 Å². The van der Waals surface area contributed by atoms with Crippen LogP contribution >= 0.6 is 0 Å². The lowest BCUT2D eigenvalue weighted by atomic mass is 9.93. The zero-order chi connectivity index (χ0) is 34.4. The van der Waals surface area contributed by atoms with Crippen LogP contribution in [0.2, 0.25) is 0 Å². The molecule has 0 N–H and O–H groups in total. The van der Waals surface area contributed by atoms with Crippen molar-refractivity contribution in [2.75, 3.05) is 4.90 Å². The smallest absolute Gasteiger partial charge is 0.227 e. The molecular formula is C49H32N2O. The lowest BCUT2D eigenvalue weighted by molar-refractivity contribution is 0.623. The average molecular weight is 665 g/mol. The molecule has 0 atom stereocenters. The molecule has 0 fully saturated rings. The van der Waals surface area contributed by atoms with Gasteiger partial charge >= 0.3 is 0 Å². The van der Waals surface area contributed by atoms with E-state index in [2.05, 4.69) is 169 Å². The van der Waals surface area contributed by atoms with E-state index in [-0.39, 0.29) is 0 Å². The summed E-state index contributed by atoms with van der Waals surface area (Å²) in [7, 11) is 0. The summed E-state index contributed by atoms with van der Waals surface area (Å²) in [5.41, 5.74) is 10.6. The van der Waals surface area contributed by atoms with Crippen molar-refractivity contribution >= 4 is 60.5 Å². The number of oxazole rings is 1. The first-order valence-electron chi connectivity index (χ1n) is 17.6. The van der Waals surface area contributed by atoms with Crippen molar-refractivity contribution in [3.63, 3.8) is 0 Å². The Kier molecular flexibility index (Phi) is 7.14. The SMILES string of the molecule is c1ccc(-c2ccc3c(c2)c2cc(-c4cccc(N(c5ccccc5)c5ccc6ccccc6c5)c4)ccc2c2oc(-c4ccccc4)nc32)cc1. The van der Waals surface area contributed by atoms with Crippen LogP contribution in [0.1, 0.15) is 0 Å². The Hall–Kier alpha value is -6.97. The fourth-order valence-corrected chi connectivity index (χ4v) is 7.48. The Bertz CT molecular complexity index is 2900. The Morgan fingerprint density at radius 2 is 0.904 bits per heavy atom. The predicted octanol–water partition coefficient (Wildman–Crippen LogP) is 13.8. The number of rotatable bonds is 6.